The van der Waals surface area contributed by atoms with Crippen molar-refractivity contribution in [1.29, 1.82) is 0 Å². The maximum Gasteiger partial charge on any atom is 0.210 e. The lowest BCUT2D eigenvalue weighted by molar-refractivity contribution is 0.825. The number of aryl methyl sites for hydroxylation is 1. The highest BCUT2D eigenvalue weighted by Crippen LogP contribution is 2.23. The van der Waals surface area contributed by atoms with Gasteiger partial charge in [-0.25, -0.2) is 4.68 Å². The Balaban J connectivity index is 1.69. The van der Waals surface area contributed by atoms with Crippen molar-refractivity contribution in [3.63, 3.8) is 0 Å². The Hall–Kier alpha value is -2.27. The van der Waals surface area contributed by atoms with Gasteiger partial charge in [0, 0.05) is 5.75 Å². The van der Waals surface area contributed by atoms with Crippen LogP contribution < -0.4 is 5.84 Å². The summed E-state index contributed by atoms with van der Waals surface area (Å²) in [5.74, 6) is 7.38. The van der Waals surface area contributed by atoms with E-state index in [0.717, 1.165) is 16.7 Å². The molecule has 2 N–H and O–H groups in total. The van der Waals surface area contributed by atoms with Gasteiger partial charge in [0.05, 0.1) is 0 Å². The predicted molar refractivity (Wildman–Crippen MR) is 86.3 cm³/mol. The van der Waals surface area contributed by atoms with Crippen LogP contribution in [-0.2, 0) is 5.75 Å². The monoisotopic (exact) mass is 296 g/mol. The molecule has 0 aliphatic rings. The van der Waals surface area contributed by atoms with Crippen LogP contribution in [0.3, 0.4) is 0 Å². The topological polar surface area (TPSA) is 56.7 Å². The second kappa shape index (κ2) is 6.01. The zero-order chi connectivity index (χ0) is 14.7. The third kappa shape index (κ3) is 3.08. The molecule has 21 heavy (non-hydrogen) atoms. The maximum atomic E-state index is 5.84. The van der Waals surface area contributed by atoms with Crippen LogP contribution in [0.1, 0.15) is 11.4 Å². The average molecular weight is 296 g/mol. The van der Waals surface area contributed by atoms with Gasteiger partial charge < -0.3 is 5.84 Å². The molecule has 0 saturated heterocycles. The van der Waals surface area contributed by atoms with Gasteiger partial charge in [0.25, 0.3) is 0 Å². The smallest absolute Gasteiger partial charge is 0.210 e. The molecule has 3 rings (SSSR count). The van der Waals surface area contributed by atoms with E-state index in [1.54, 1.807) is 11.8 Å². The van der Waals surface area contributed by atoms with Gasteiger partial charge in [0.1, 0.15) is 5.82 Å². The van der Waals surface area contributed by atoms with Gasteiger partial charge in [0.15, 0.2) is 0 Å². The lowest BCUT2D eigenvalue weighted by Crippen LogP contribution is -2.11. The molecule has 0 bridgehead atoms. The zero-order valence-corrected chi connectivity index (χ0v) is 12.5. The highest BCUT2D eigenvalue weighted by Gasteiger charge is 2.06. The molecule has 0 saturated carbocycles. The van der Waals surface area contributed by atoms with Crippen LogP contribution in [-0.4, -0.2) is 14.9 Å². The first-order valence-electron chi connectivity index (χ1n) is 6.68. The third-order valence-electron chi connectivity index (χ3n) is 3.26. The molecule has 1 aromatic heterocycles. The van der Waals surface area contributed by atoms with Gasteiger partial charge in [0.2, 0.25) is 5.16 Å². The molecule has 0 spiro atoms. The number of hydrogen-bond donors (Lipinski definition) is 1. The van der Waals surface area contributed by atoms with Crippen molar-refractivity contribution in [3.8, 4) is 11.1 Å². The lowest BCUT2D eigenvalue weighted by atomic mass is 10.0. The number of aromatic nitrogens is 3. The highest BCUT2D eigenvalue weighted by atomic mass is 32.2. The molecule has 1 heterocycles. The van der Waals surface area contributed by atoms with E-state index in [9.17, 15) is 0 Å². The Morgan fingerprint density at radius 3 is 2.24 bits per heavy atom. The van der Waals surface area contributed by atoms with Crippen molar-refractivity contribution >= 4 is 11.8 Å². The highest BCUT2D eigenvalue weighted by molar-refractivity contribution is 7.98. The van der Waals surface area contributed by atoms with Crippen molar-refractivity contribution in [2.24, 2.45) is 0 Å². The normalized spacial score (nSPS) is 10.7. The fraction of sp³-hybridized carbons (Fsp3) is 0.125. The van der Waals surface area contributed by atoms with Gasteiger partial charge >= 0.3 is 0 Å². The van der Waals surface area contributed by atoms with Gasteiger partial charge in [-0.2, -0.15) is 0 Å². The Kier molecular flexibility index (Phi) is 3.92. The number of benzene rings is 2. The van der Waals surface area contributed by atoms with E-state index in [0.29, 0.717) is 0 Å². The lowest BCUT2D eigenvalue weighted by Gasteiger charge is -2.04. The third-order valence-corrected chi connectivity index (χ3v) is 4.28. The molecular weight excluding hydrogens is 280 g/mol. The SMILES string of the molecule is Cc1nnc(SCc2ccc(-c3ccccc3)cc2)n1N. The van der Waals surface area contributed by atoms with Gasteiger partial charge in [-0.05, 0) is 23.6 Å². The molecule has 0 atom stereocenters. The molecular formula is C16H16N4S. The Bertz CT molecular complexity index is 720. The molecule has 0 radical (unpaired) electrons. The van der Waals surface area contributed by atoms with Crippen molar-refractivity contribution in [1.82, 2.24) is 14.9 Å². The summed E-state index contributed by atoms with van der Waals surface area (Å²) in [5.41, 5.74) is 3.69. The van der Waals surface area contributed by atoms with E-state index in [2.05, 4.69) is 58.7 Å². The van der Waals surface area contributed by atoms with Gasteiger partial charge in [-0.3, -0.25) is 0 Å². The zero-order valence-electron chi connectivity index (χ0n) is 11.7. The van der Waals surface area contributed by atoms with Crippen LogP contribution in [0, 0.1) is 6.92 Å². The van der Waals surface area contributed by atoms with Crippen LogP contribution in [0.4, 0.5) is 0 Å². The summed E-state index contributed by atoms with van der Waals surface area (Å²) in [4.78, 5) is 0. The number of nitrogen functional groups attached to an aromatic ring is 1. The Morgan fingerprint density at radius 2 is 1.62 bits per heavy atom. The minimum absolute atomic E-state index is 0.719. The first-order valence-corrected chi connectivity index (χ1v) is 7.67. The molecule has 0 amide bonds. The summed E-state index contributed by atoms with van der Waals surface area (Å²) >= 11 is 1.59. The van der Waals surface area contributed by atoms with E-state index in [1.807, 2.05) is 13.0 Å². The second-order valence-corrected chi connectivity index (χ2v) is 5.69. The van der Waals surface area contributed by atoms with E-state index in [1.165, 1.54) is 21.4 Å². The van der Waals surface area contributed by atoms with Crippen LogP contribution in [0.5, 0.6) is 0 Å². The first kappa shape index (κ1) is 13.7. The van der Waals surface area contributed by atoms with Crippen molar-refractivity contribution in [2.75, 3.05) is 5.84 Å². The van der Waals surface area contributed by atoms with E-state index < -0.39 is 0 Å². The molecule has 0 unspecified atom stereocenters. The molecule has 5 heteroatoms. The fourth-order valence-electron chi connectivity index (χ4n) is 2.02. The first-order chi connectivity index (χ1) is 10.2. The summed E-state index contributed by atoms with van der Waals surface area (Å²) in [5, 5.41) is 8.73. The number of hydrogen-bond acceptors (Lipinski definition) is 4. The number of rotatable bonds is 4. The standard InChI is InChI=1S/C16H16N4S/c1-12-18-19-16(20(12)17)21-11-13-7-9-15(10-8-13)14-5-3-2-4-6-14/h2-10H,11,17H2,1H3. The summed E-state index contributed by atoms with van der Waals surface area (Å²) < 4.78 is 1.52. The maximum absolute atomic E-state index is 5.84. The molecule has 0 fully saturated rings. The van der Waals surface area contributed by atoms with Gasteiger partial charge in [-0.15, -0.1) is 10.2 Å². The van der Waals surface area contributed by atoms with Crippen LogP contribution in [0.15, 0.2) is 59.8 Å². The van der Waals surface area contributed by atoms with Crippen molar-refractivity contribution in [2.45, 2.75) is 17.8 Å². The Labute approximate surface area is 128 Å². The van der Waals surface area contributed by atoms with Crippen LogP contribution in [0.25, 0.3) is 11.1 Å². The number of nitrogens with zero attached hydrogens (tertiary/aromatic N) is 3. The van der Waals surface area contributed by atoms with E-state index in [4.69, 9.17) is 5.84 Å². The predicted octanol–water partition coefficient (Wildman–Crippen LogP) is 3.26. The quantitative estimate of drug-likeness (QED) is 0.593. The second-order valence-electron chi connectivity index (χ2n) is 4.75. The molecule has 2 aromatic carbocycles. The van der Waals surface area contributed by atoms with E-state index >= 15 is 0 Å². The summed E-state index contributed by atoms with van der Waals surface area (Å²) in [6, 6.07) is 18.9. The van der Waals surface area contributed by atoms with Crippen molar-refractivity contribution < 1.29 is 0 Å². The van der Waals surface area contributed by atoms with E-state index in [-0.39, 0.29) is 0 Å². The number of nitrogens with two attached hydrogens (primary N) is 1. The largest absolute Gasteiger partial charge is 0.336 e. The molecule has 106 valence electrons. The van der Waals surface area contributed by atoms with Gasteiger partial charge in [-0.1, -0.05) is 66.4 Å². The summed E-state index contributed by atoms with van der Waals surface area (Å²) in [7, 11) is 0. The molecule has 3 aromatic rings. The minimum Gasteiger partial charge on any atom is -0.336 e. The van der Waals surface area contributed by atoms with Crippen molar-refractivity contribution in [3.05, 3.63) is 66.0 Å². The molecule has 0 aliphatic heterocycles. The Morgan fingerprint density at radius 1 is 0.952 bits per heavy atom. The number of thioether (sulfide) groups is 1. The van der Waals surface area contributed by atoms with Crippen LogP contribution in [0.2, 0.25) is 0 Å². The minimum atomic E-state index is 0.719. The molecule has 0 aliphatic carbocycles. The fourth-order valence-corrected chi connectivity index (χ4v) is 2.88. The summed E-state index contributed by atoms with van der Waals surface area (Å²) in [6.45, 7) is 1.84. The van der Waals surface area contributed by atoms with Crippen LogP contribution >= 0.6 is 11.8 Å². The molecule has 4 nitrogen and oxygen atoms in total. The summed E-state index contributed by atoms with van der Waals surface area (Å²) in [6.07, 6.45) is 0. The average Bonchev–Trinajstić information content (AvgIpc) is 2.86.